The molecule has 0 fully saturated rings. The number of halogens is 1. The molecule has 0 saturated carbocycles. The fourth-order valence-electron chi connectivity index (χ4n) is 2.04. The van der Waals surface area contributed by atoms with E-state index in [1.54, 1.807) is 12.1 Å². The van der Waals surface area contributed by atoms with Crippen LogP contribution >= 0.6 is 0 Å². The van der Waals surface area contributed by atoms with E-state index in [0.717, 1.165) is 17.9 Å². The molecular weight excluding hydrogens is 269 g/mol. The summed E-state index contributed by atoms with van der Waals surface area (Å²) in [5.41, 5.74) is 1.27. The first-order valence-electron chi connectivity index (χ1n) is 6.74. The van der Waals surface area contributed by atoms with Crippen LogP contribution in [0.1, 0.15) is 25.0 Å². The topological polar surface area (TPSA) is 73.6 Å². The minimum absolute atomic E-state index is 0.0248. The molecule has 1 aromatic carbocycles. The fraction of sp³-hybridized carbons (Fsp3) is 0.267. The van der Waals surface area contributed by atoms with Gasteiger partial charge in [0.1, 0.15) is 35.4 Å². The first kappa shape index (κ1) is 14.7. The Hall–Kier alpha value is -2.68. The van der Waals surface area contributed by atoms with Crippen LogP contribution in [-0.2, 0) is 6.42 Å². The molecule has 2 N–H and O–H groups in total. The van der Waals surface area contributed by atoms with E-state index in [-0.39, 0.29) is 5.56 Å². The number of anilines is 3. The van der Waals surface area contributed by atoms with Crippen LogP contribution < -0.4 is 10.6 Å². The van der Waals surface area contributed by atoms with Gasteiger partial charge in [-0.2, -0.15) is 5.26 Å². The zero-order valence-corrected chi connectivity index (χ0v) is 11.9. The van der Waals surface area contributed by atoms with Crippen LogP contribution in [0.4, 0.5) is 21.7 Å². The van der Waals surface area contributed by atoms with E-state index >= 15 is 0 Å². The second-order valence-corrected chi connectivity index (χ2v) is 4.33. The van der Waals surface area contributed by atoms with Crippen molar-refractivity contribution in [2.45, 2.75) is 20.3 Å². The van der Waals surface area contributed by atoms with Crippen molar-refractivity contribution in [2.75, 3.05) is 17.2 Å². The lowest BCUT2D eigenvalue weighted by molar-refractivity contribution is 0.624. The molecule has 2 aromatic rings. The summed E-state index contributed by atoms with van der Waals surface area (Å²) in [6.07, 6.45) is 2.15. The molecule has 0 spiro atoms. The van der Waals surface area contributed by atoms with Gasteiger partial charge in [-0.1, -0.05) is 13.0 Å². The number of aromatic nitrogens is 2. The maximum absolute atomic E-state index is 13.6. The van der Waals surface area contributed by atoms with Gasteiger partial charge in [0.05, 0.1) is 5.69 Å². The summed E-state index contributed by atoms with van der Waals surface area (Å²) < 4.78 is 13.6. The average Bonchev–Trinajstić information content (AvgIpc) is 2.48. The number of nitrogens with zero attached hydrogens (tertiary/aromatic N) is 3. The van der Waals surface area contributed by atoms with Crippen LogP contribution in [0.2, 0.25) is 0 Å². The van der Waals surface area contributed by atoms with Gasteiger partial charge in [-0.3, -0.25) is 0 Å². The SMILES string of the molecule is CCNc1ncnc(Nc2cccc(F)c2C#N)c1CC. The van der Waals surface area contributed by atoms with Crippen LogP contribution in [-0.4, -0.2) is 16.5 Å². The standard InChI is InChI=1S/C15H16FN5/c1-3-10-14(18-4-2)19-9-20-15(10)21-13-7-5-6-12(16)11(13)8-17/h5-7,9H,3-4H2,1-2H3,(H2,18,19,20,21). The Labute approximate surface area is 122 Å². The highest BCUT2D eigenvalue weighted by Gasteiger charge is 2.13. The van der Waals surface area contributed by atoms with Crippen molar-refractivity contribution in [1.29, 1.82) is 5.26 Å². The first-order valence-corrected chi connectivity index (χ1v) is 6.74. The van der Waals surface area contributed by atoms with Crippen LogP contribution in [0, 0.1) is 17.1 Å². The molecule has 0 atom stereocenters. The fourth-order valence-corrected chi connectivity index (χ4v) is 2.04. The van der Waals surface area contributed by atoms with Crippen LogP contribution in [0.3, 0.4) is 0 Å². The minimum atomic E-state index is -0.554. The smallest absolute Gasteiger partial charge is 0.143 e. The van der Waals surface area contributed by atoms with Gasteiger partial charge in [0.15, 0.2) is 0 Å². The summed E-state index contributed by atoms with van der Waals surface area (Å²) in [4.78, 5) is 8.40. The summed E-state index contributed by atoms with van der Waals surface area (Å²) in [5, 5.41) is 15.3. The van der Waals surface area contributed by atoms with Crippen molar-refractivity contribution in [3.63, 3.8) is 0 Å². The maximum Gasteiger partial charge on any atom is 0.143 e. The monoisotopic (exact) mass is 285 g/mol. The van der Waals surface area contributed by atoms with Crippen molar-refractivity contribution < 1.29 is 4.39 Å². The number of hydrogen-bond acceptors (Lipinski definition) is 5. The van der Waals surface area contributed by atoms with E-state index in [1.807, 2.05) is 19.9 Å². The summed E-state index contributed by atoms with van der Waals surface area (Å²) in [5.74, 6) is 0.763. The molecule has 6 heteroatoms. The molecule has 21 heavy (non-hydrogen) atoms. The van der Waals surface area contributed by atoms with Crippen molar-refractivity contribution in [3.8, 4) is 6.07 Å². The summed E-state index contributed by atoms with van der Waals surface area (Å²) in [7, 11) is 0. The molecular formula is C15H16FN5. The van der Waals surface area contributed by atoms with Gasteiger partial charge in [0.2, 0.25) is 0 Å². The third kappa shape index (κ3) is 3.08. The molecule has 0 bridgehead atoms. The Morgan fingerprint density at radius 2 is 2.00 bits per heavy atom. The molecule has 0 aliphatic carbocycles. The largest absolute Gasteiger partial charge is 0.370 e. The van der Waals surface area contributed by atoms with Gasteiger partial charge in [-0.05, 0) is 25.5 Å². The Kier molecular flexibility index (Phi) is 4.67. The lowest BCUT2D eigenvalue weighted by Gasteiger charge is -2.14. The molecule has 2 rings (SSSR count). The van der Waals surface area contributed by atoms with Crippen molar-refractivity contribution in [3.05, 3.63) is 41.5 Å². The first-order chi connectivity index (χ1) is 10.2. The zero-order chi connectivity index (χ0) is 15.2. The predicted octanol–water partition coefficient (Wildman–Crippen LogP) is 3.23. The number of hydrogen-bond donors (Lipinski definition) is 2. The van der Waals surface area contributed by atoms with Gasteiger partial charge in [0, 0.05) is 12.1 Å². The minimum Gasteiger partial charge on any atom is -0.370 e. The third-order valence-electron chi connectivity index (χ3n) is 3.02. The Morgan fingerprint density at radius 1 is 1.24 bits per heavy atom. The Bertz CT molecular complexity index is 678. The highest BCUT2D eigenvalue weighted by Crippen LogP contribution is 2.26. The van der Waals surface area contributed by atoms with Crippen LogP contribution in [0.5, 0.6) is 0 Å². The predicted molar refractivity (Wildman–Crippen MR) is 80.0 cm³/mol. The van der Waals surface area contributed by atoms with E-state index in [9.17, 15) is 4.39 Å². The summed E-state index contributed by atoms with van der Waals surface area (Å²) >= 11 is 0. The van der Waals surface area contributed by atoms with Gasteiger partial charge < -0.3 is 10.6 Å². The molecule has 0 amide bonds. The Morgan fingerprint density at radius 3 is 2.67 bits per heavy atom. The molecule has 1 heterocycles. The van der Waals surface area contributed by atoms with Gasteiger partial charge in [0.25, 0.3) is 0 Å². The van der Waals surface area contributed by atoms with Crippen molar-refractivity contribution in [1.82, 2.24) is 9.97 Å². The van der Waals surface area contributed by atoms with Gasteiger partial charge in [-0.15, -0.1) is 0 Å². The number of rotatable bonds is 5. The highest BCUT2D eigenvalue weighted by atomic mass is 19.1. The second-order valence-electron chi connectivity index (χ2n) is 4.33. The van der Waals surface area contributed by atoms with Gasteiger partial charge >= 0.3 is 0 Å². The number of benzene rings is 1. The van der Waals surface area contributed by atoms with E-state index in [2.05, 4.69) is 20.6 Å². The zero-order valence-electron chi connectivity index (χ0n) is 11.9. The Balaban J connectivity index is 2.43. The van der Waals surface area contributed by atoms with E-state index in [4.69, 9.17) is 5.26 Å². The normalized spacial score (nSPS) is 10.0. The maximum atomic E-state index is 13.6. The molecule has 0 unspecified atom stereocenters. The molecule has 1 aromatic heterocycles. The number of nitriles is 1. The highest BCUT2D eigenvalue weighted by molar-refractivity contribution is 5.69. The van der Waals surface area contributed by atoms with E-state index in [0.29, 0.717) is 17.9 Å². The van der Waals surface area contributed by atoms with E-state index in [1.165, 1.54) is 12.4 Å². The molecule has 0 aliphatic heterocycles. The molecule has 0 aliphatic rings. The van der Waals surface area contributed by atoms with Crippen LogP contribution in [0.25, 0.3) is 0 Å². The second kappa shape index (κ2) is 6.66. The van der Waals surface area contributed by atoms with Crippen LogP contribution in [0.15, 0.2) is 24.5 Å². The number of nitrogens with one attached hydrogen (secondary N) is 2. The lowest BCUT2D eigenvalue weighted by Crippen LogP contribution is -2.08. The van der Waals surface area contributed by atoms with Crippen molar-refractivity contribution >= 4 is 17.3 Å². The quantitative estimate of drug-likeness (QED) is 0.882. The summed E-state index contributed by atoms with van der Waals surface area (Å²) in [6, 6.07) is 6.32. The molecule has 5 nitrogen and oxygen atoms in total. The summed E-state index contributed by atoms with van der Waals surface area (Å²) in [6.45, 7) is 4.71. The molecule has 0 saturated heterocycles. The third-order valence-corrected chi connectivity index (χ3v) is 3.02. The average molecular weight is 285 g/mol. The van der Waals surface area contributed by atoms with Crippen molar-refractivity contribution in [2.24, 2.45) is 0 Å². The van der Waals surface area contributed by atoms with Gasteiger partial charge in [-0.25, -0.2) is 14.4 Å². The van der Waals surface area contributed by atoms with E-state index < -0.39 is 5.82 Å². The molecule has 108 valence electrons. The molecule has 0 radical (unpaired) electrons. The lowest BCUT2D eigenvalue weighted by atomic mass is 10.1.